The molecule has 1 aliphatic heterocycles. The van der Waals surface area contributed by atoms with Gasteiger partial charge in [-0.1, -0.05) is 26.8 Å². The molecule has 1 aliphatic rings. The minimum absolute atomic E-state index is 0.0135. The van der Waals surface area contributed by atoms with E-state index in [1.54, 1.807) is 29.8 Å². The number of aryl methyl sites for hydroxylation is 1. The Morgan fingerprint density at radius 2 is 1.82 bits per heavy atom. The number of pyridine rings is 1. The summed E-state index contributed by atoms with van der Waals surface area (Å²) in [6, 6.07) is 9.94. The van der Waals surface area contributed by atoms with Crippen LogP contribution < -0.4 is 4.90 Å². The summed E-state index contributed by atoms with van der Waals surface area (Å²) in [6.45, 7) is 9.49. The van der Waals surface area contributed by atoms with Crippen molar-refractivity contribution in [1.29, 1.82) is 5.26 Å². The summed E-state index contributed by atoms with van der Waals surface area (Å²) in [4.78, 5) is 14.2. The summed E-state index contributed by atoms with van der Waals surface area (Å²) in [5.41, 5.74) is 2.67. The van der Waals surface area contributed by atoms with Crippen LogP contribution in [0.1, 0.15) is 68.5 Å². The zero-order chi connectivity index (χ0) is 27.9. The van der Waals surface area contributed by atoms with Crippen molar-refractivity contribution in [3.63, 3.8) is 0 Å². The molecular formula is C28H31F3N8. The fourth-order valence-corrected chi connectivity index (χ4v) is 5.88. The number of benzene rings is 1. The molecule has 0 spiro atoms. The van der Waals surface area contributed by atoms with Gasteiger partial charge in [0.15, 0.2) is 5.82 Å². The van der Waals surface area contributed by atoms with Crippen molar-refractivity contribution in [2.45, 2.75) is 71.3 Å². The van der Waals surface area contributed by atoms with Crippen LogP contribution in [0.25, 0.3) is 16.8 Å². The van der Waals surface area contributed by atoms with Crippen molar-refractivity contribution in [2.24, 2.45) is 0 Å². The van der Waals surface area contributed by atoms with Crippen LogP contribution in [0, 0.1) is 18.3 Å². The Balaban J connectivity index is 1.55. The molecule has 0 bridgehead atoms. The smallest absolute Gasteiger partial charge is 0.349 e. The van der Waals surface area contributed by atoms with Gasteiger partial charge in [0.25, 0.3) is 5.78 Å². The molecule has 4 heterocycles. The molecule has 5 rings (SSSR count). The van der Waals surface area contributed by atoms with Crippen LogP contribution in [0.15, 0.2) is 36.7 Å². The monoisotopic (exact) mass is 536 g/mol. The van der Waals surface area contributed by atoms with Gasteiger partial charge in [-0.05, 0) is 61.6 Å². The van der Waals surface area contributed by atoms with Gasteiger partial charge in [-0.15, -0.1) is 10.2 Å². The van der Waals surface area contributed by atoms with Crippen molar-refractivity contribution in [2.75, 3.05) is 18.0 Å². The zero-order valence-electron chi connectivity index (χ0n) is 22.4. The lowest BCUT2D eigenvalue weighted by Gasteiger charge is -2.50. The fraction of sp³-hybridized carbons (Fsp3) is 0.464. The van der Waals surface area contributed by atoms with Crippen LogP contribution >= 0.6 is 0 Å². The van der Waals surface area contributed by atoms with E-state index in [9.17, 15) is 18.4 Å². The summed E-state index contributed by atoms with van der Waals surface area (Å²) in [6.07, 6.45) is -0.320. The summed E-state index contributed by atoms with van der Waals surface area (Å²) in [7, 11) is 0. The molecule has 4 aromatic rings. The molecule has 0 radical (unpaired) electrons. The zero-order valence-corrected chi connectivity index (χ0v) is 22.4. The van der Waals surface area contributed by atoms with E-state index in [0.717, 1.165) is 30.3 Å². The molecule has 0 N–H and O–H groups in total. The maximum Gasteiger partial charge on any atom is 0.416 e. The van der Waals surface area contributed by atoms with Crippen molar-refractivity contribution < 1.29 is 13.2 Å². The first-order chi connectivity index (χ1) is 18.7. The number of nitriles is 1. The van der Waals surface area contributed by atoms with Gasteiger partial charge in [0.2, 0.25) is 0 Å². The molecule has 0 saturated carbocycles. The number of piperazine rings is 1. The number of fused-ring (bicyclic) bond motifs is 3. The highest BCUT2D eigenvalue weighted by atomic mass is 19.4. The molecule has 3 atom stereocenters. The molecule has 1 aromatic carbocycles. The molecule has 1 saturated heterocycles. The number of halogens is 3. The van der Waals surface area contributed by atoms with Gasteiger partial charge >= 0.3 is 6.18 Å². The maximum absolute atomic E-state index is 13.3. The number of hydrogen-bond donors (Lipinski definition) is 0. The molecule has 3 aromatic heterocycles. The SMILES string of the molecule is CC[C@H]1CN([C@@H](CC)c2ccc(C(F)(F)F)cc2C)[C@H](CC)CN1c1nc2nncn2c2ccc(C#N)nc12. The Labute approximate surface area is 225 Å². The predicted molar refractivity (Wildman–Crippen MR) is 142 cm³/mol. The third-order valence-corrected chi connectivity index (χ3v) is 7.89. The van der Waals surface area contributed by atoms with Crippen LogP contribution in [-0.2, 0) is 6.18 Å². The van der Waals surface area contributed by atoms with E-state index in [1.165, 1.54) is 12.1 Å². The van der Waals surface area contributed by atoms with Gasteiger partial charge in [-0.2, -0.15) is 23.4 Å². The molecule has 39 heavy (non-hydrogen) atoms. The Hall–Kier alpha value is -3.78. The first-order valence-corrected chi connectivity index (χ1v) is 13.3. The summed E-state index contributed by atoms with van der Waals surface area (Å²) in [5.74, 6) is 1.13. The van der Waals surface area contributed by atoms with Crippen molar-refractivity contribution >= 4 is 22.6 Å². The number of rotatable bonds is 6. The largest absolute Gasteiger partial charge is 0.416 e. The van der Waals surface area contributed by atoms with Gasteiger partial charge in [0.1, 0.15) is 23.6 Å². The second-order valence-corrected chi connectivity index (χ2v) is 10.1. The van der Waals surface area contributed by atoms with Crippen molar-refractivity contribution in [3.8, 4) is 6.07 Å². The number of anilines is 1. The Bertz CT molecular complexity index is 1540. The van der Waals surface area contributed by atoms with E-state index in [1.807, 2.05) is 6.07 Å². The van der Waals surface area contributed by atoms with Gasteiger partial charge in [-0.25, -0.2) is 4.98 Å². The highest BCUT2D eigenvalue weighted by molar-refractivity contribution is 5.88. The van der Waals surface area contributed by atoms with Crippen LogP contribution in [0.2, 0.25) is 0 Å². The summed E-state index contributed by atoms with van der Waals surface area (Å²) < 4.78 is 41.8. The highest BCUT2D eigenvalue weighted by Gasteiger charge is 2.38. The van der Waals surface area contributed by atoms with Crippen LogP contribution in [0.3, 0.4) is 0 Å². The summed E-state index contributed by atoms with van der Waals surface area (Å²) >= 11 is 0. The minimum atomic E-state index is -4.36. The molecule has 8 nitrogen and oxygen atoms in total. The van der Waals surface area contributed by atoms with E-state index < -0.39 is 11.7 Å². The lowest BCUT2D eigenvalue weighted by atomic mass is 9.91. The fourth-order valence-electron chi connectivity index (χ4n) is 5.88. The molecule has 0 aliphatic carbocycles. The van der Waals surface area contributed by atoms with Gasteiger partial charge in [0.05, 0.1) is 11.1 Å². The molecule has 1 fully saturated rings. The van der Waals surface area contributed by atoms with Crippen LogP contribution in [-0.4, -0.2) is 54.6 Å². The topological polar surface area (TPSA) is 86.2 Å². The number of hydrogen-bond acceptors (Lipinski definition) is 7. The first-order valence-electron chi connectivity index (χ1n) is 13.3. The van der Waals surface area contributed by atoms with E-state index in [0.29, 0.717) is 41.5 Å². The molecular weight excluding hydrogens is 505 g/mol. The Morgan fingerprint density at radius 1 is 1.05 bits per heavy atom. The Morgan fingerprint density at radius 3 is 2.46 bits per heavy atom. The molecule has 0 unspecified atom stereocenters. The van der Waals surface area contributed by atoms with Crippen molar-refractivity contribution in [3.05, 3.63) is 59.0 Å². The van der Waals surface area contributed by atoms with Gasteiger partial charge < -0.3 is 4.90 Å². The normalized spacial score (nSPS) is 19.5. The molecule has 0 amide bonds. The number of aromatic nitrogens is 5. The second kappa shape index (κ2) is 10.4. The second-order valence-electron chi connectivity index (χ2n) is 10.1. The standard InChI is InChI=1S/C28H31F3N8/c1-5-20-15-38(26-25-24(11-9-19(13-32)34-25)39-16-33-36-27(39)35-26)21(6-2)14-37(20)23(7-3)22-10-8-18(12-17(22)4)28(29,30)31/h8-12,16,20-21,23H,5-7,14-15H2,1-4H3/t20-,21+,23+/m1/s1. The van der Waals surface area contributed by atoms with E-state index in [4.69, 9.17) is 4.98 Å². The van der Waals surface area contributed by atoms with Crippen LogP contribution in [0.5, 0.6) is 0 Å². The minimum Gasteiger partial charge on any atom is -0.349 e. The van der Waals surface area contributed by atoms with Gasteiger partial charge in [0, 0.05) is 31.2 Å². The maximum atomic E-state index is 13.3. The molecule has 11 heteroatoms. The van der Waals surface area contributed by atoms with Crippen molar-refractivity contribution in [1.82, 2.24) is 29.5 Å². The van der Waals surface area contributed by atoms with Gasteiger partial charge in [-0.3, -0.25) is 9.30 Å². The van der Waals surface area contributed by atoms with E-state index in [-0.39, 0.29) is 18.1 Å². The van der Waals surface area contributed by atoms with Crippen LogP contribution in [0.4, 0.5) is 19.0 Å². The average Bonchev–Trinajstić information content (AvgIpc) is 3.41. The Kier molecular flexibility index (Phi) is 7.16. The third kappa shape index (κ3) is 4.78. The number of alkyl halides is 3. The average molecular weight is 537 g/mol. The quantitative estimate of drug-likeness (QED) is 0.312. The number of nitrogens with zero attached hydrogens (tertiary/aromatic N) is 8. The lowest BCUT2D eigenvalue weighted by molar-refractivity contribution is -0.137. The van der Waals surface area contributed by atoms with E-state index in [2.05, 4.69) is 51.8 Å². The summed E-state index contributed by atoms with van der Waals surface area (Å²) in [5, 5.41) is 17.7. The lowest BCUT2D eigenvalue weighted by Crippen LogP contribution is -2.59. The molecule has 204 valence electrons. The predicted octanol–water partition coefficient (Wildman–Crippen LogP) is 5.70. The third-order valence-electron chi connectivity index (χ3n) is 7.89. The first kappa shape index (κ1) is 26.8. The van der Waals surface area contributed by atoms with E-state index >= 15 is 0 Å². The highest BCUT2D eigenvalue weighted by Crippen LogP contribution is 2.38.